The molecule has 0 aliphatic heterocycles. The number of anilines is 1. The lowest BCUT2D eigenvalue weighted by atomic mass is 10.2. The number of hydrazone groups is 1. The fourth-order valence-electron chi connectivity index (χ4n) is 2.79. The van der Waals surface area contributed by atoms with E-state index in [-0.39, 0.29) is 12.4 Å². The number of rotatable bonds is 8. The lowest BCUT2D eigenvalue weighted by molar-refractivity contribution is -0.136. The Morgan fingerprint density at radius 2 is 1.73 bits per heavy atom. The zero-order valence-corrected chi connectivity index (χ0v) is 18.0. The maximum Gasteiger partial charge on any atom is 0.329 e. The molecular weight excluding hydrogens is 429 g/mol. The van der Waals surface area contributed by atoms with E-state index >= 15 is 0 Å². The molecule has 2 amide bonds. The number of carbonyl (C=O) groups excluding carboxylic acids is 2. The Balaban J connectivity index is 1.65. The Morgan fingerprint density at radius 1 is 0.970 bits per heavy atom. The second-order valence-corrected chi connectivity index (χ2v) is 6.68. The van der Waals surface area contributed by atoms with Crippen molar-refractivity contribution in [3.05, 3.63) is 83.7 Å². The van der Waals surface area contributed by atoms with Crippen LogP contribution in [-0.4, -0.2) is 32.2 Å². The lowest BCUT2D eigenvalue weighted by Gasteiger charge is -2.13. The molecule has 0 radical (unpaired) electrons. The molecule has 0 spiro atoms. The number of hydrogen-bond donors (Lipinski definition) is 2. The Hall–Kier alpha value is -4.40. The summed E-state index contributed by atoms with van der Waals surface area (Å²) in [7, 11) is 2.99. The monoisotopic (exact) mass is 451 g/mol. The quantitative estimate of drug-likeness (QED) is 0.310. The van der Waals surface area contributed by atoms with Crippen LogP contribution in [0.15, 0.2) is 71.8 Å². The van der Waals surface area contributed by atoms with E-state index in [4.69, 9.17) is 14.2 Å². The van der Waals surface area contributed by atoms with Crippen LogP contribution in [0.4, 0.5) is 10.1 Å². The number of methoxy groups -OCH3 is 2. The molecule has 2 N–H and O–H groups in total. The second-order valence-electron chi connectivity index (χ2n) is 6.68. The maximum absolute atomic E-state index is 13.1. The normalized spacial score (nSPS) is 10.5. The van der Waals surface area contributed by atoms with Crippen LogP contribution in [0.3, 0.4) is 0 Å². The summed E-state index contributed by atoms with van der Waals surface area (Å²) in [6.45, 7) is 0.163. The van der Waals surface area contributed by atoms with E-state index in [0.717, 1.165) is 5.56 Å². The van der Waals surface area contributed by atoms with Crippen molar-refractivity contribution in [3.8, 4) is 17.2 Å². The van der Waals surface area contributed by atoms with Crippen molar-refractivity contribution in [2.75, 3.05) is 19.5 Å². The number of nitrogens with zero attached hydrogens (tertiary/aromatic N) is 1. The van der Waals surface area contributed by atoms with Crippen LogP contribution >= 0.6 is 0 Å². The summed E-state index contributed by atoms with van der Waals surface area (Å²) in [5.41, 5.74) is 3.84. The van der Waals surface area contributed by atoms with E-state index in [0.29, 0.717) is 28.5 Å². The Bertz CT molecular complexity index is 1150. The summed E-state index contributed by atoms with van der Waals surface area (Å²) in [5.74, 6) is -0.816. The maximum atomic E-state index is 13.1. The van der Waals surface area contributed by atoms with Crippen molar-refractivity contribution in [1.82, 2.24) is 5.43 Å². The highest BCUT2D eigenvalue weighted by molar-refractivity contribution is 6.39. The molecule has 8 nitrogen and oxygen atoms in total. The third-order valence-corrected chi connectivity index (χ3v) is 4.43. The van der Waals surface area contributed by atoms with Gasteiger partial charge in [-0.15, -0.1) is 0 Å². The number of halogens is 1. The summed E-state index contributed by atoms with van der Waals surface area (Å²) in [4.78, 5) is 24.2. The van der Waals surface area contributed by atoms with Crippen molar-refractivity contribution < 1.29 is 28.2 Å². The molecule has 3 rings (SSSR count). The molecule has 0 aromatic heterocycles. The van der Waals surface area contributed by atoms with Crippen LogP contribution in [-0.2, 0) is 16.2 Å². The van der Waals surface area contributed by atoms with E-state index in [1.54, 1.807) is 54.6 Å². The van der Waals surface area contributed by atoms with E-state index in [2.05, 4.69) is 15.8 Å². The lowest BCUT2D eigenvalue weighted by Crippen LogP contribution is -2.32. The molecule has 0 atom stereocenters. The minimum atomic E-state index is -0.953. The van der Waals surface area contributed by atoms with Gasteiger partial charge in [-0.25, -0.2) is 9.82 Å². The minimum Gasteiger partial charge on any atom is -0.497 e. The van der Waals surface area contributed by atoms with Crippen LogP contribution in [0.1, 0.15) is 11.1 Å². The molecule has 0 aliphatic carbocycles. The molecule has 3 aromatic rings. The number of carbonyl (C=O) groups is 2. The predicted molar refractivity (Wildman–Crippen MR) is 121 cm³/mol. The highest BCUT2D eigenvalue weighted by Crippen LogP contribution is 2.30. The van der Waals surface area contributed by atoms with Gasteiger partial charge in [0.05, 0.1) is 20.4 Å². The molecule has 0 saturated heterocycles. The Labute approximate surface area is 190 Å². The van der Waals surface area contributed by atoms with Gasteiger partial charge in [-0.1, -0.05) is 24.3 Å². The first-order chi connectivity index (χ1) is 16.0. The summed E-state index contributed by atoms with van der Waals surface area (Å²) in [6.07, 6.45) is 1.33. The molecule has 0 fully saturated rings. The topological polar surface area (TPSA) is 98.2 Å². The molecule has 170 valence electrons. The Morgan fingerprint density at radius 3 is 2.45 bits per heavy atom. The van der Waals surface area contributed by atoms with E-state index < -0.39 is 11.8 Å². The first-order valence-electron chi connectivity index (χ1n) is 9.83. The third-order valence-electron chi connectivity index (χ3n) is 4.43. The molecule has 33 heavy (non-hydrogen) atoms. The van der Waals surface area contributed by atoms with Gasteiger partial charge in [0.2, 0.25) is 0 Å². The van der Waals surface area contributed by atoms with Crippen LogP contribution < -0.4 is 25.0 Å². The van der Waals surface area contributed by atoms with Crippen molar-refractivity contribution in [3.63, 3.8) is 0 Å². The molecule has 0 unspecified atom stereocenters. The number of amides is 2. The molecule has 3 aromatic carbocycles. The average Bonchev–Trinajstić information content (AvgIpc) is 2.84. The number of hydrogen-bond acceptors (Lipinski definition) is 6. The molecule has 0 heterocycles. The molecule has 0 aliphatic rings. The van der Waals surface area contributed by atoms with Gasteiger partial charge < -0.3 is 19.5 Å². The summed E-state index contributed by atoms with van der Waals surface area (Å²) < 4.78 is 29.4. The highest BCUT2D eigenvalue weighted by atomic mass is 19.1. The van der Waals surface area contributed by atoms with E-state index in [9.17, 15) is 14.0 Å². The number of nitrogens with one attached hydrogen (secondary N) is 2. The SMILES string of the molecule is COc1cccc(NC(=O)C(=O)N/N=C\c2cccc(OC)c2OCc2ccc(F)cc2)c1. The zero-order valence-electron chi connectivity index (χ0n) is 18.0. The van der Waals surface area contributed by atoms with Gasteiger partial charge in [0, 0.05) is 17.3 Å². The second kappa shape index (κ2) is 11.3. The molecule has 0 bridgehead atoms. The standard InChI is InChI=1S/C24H22FN3O5/c1-31-20-7-4-6-19(13-20)27-23(29)24(30)28-26-14-17-5-3-8-21(32-2)22(17)33-15-16-9-11-18(25)12-10-16/h3-14H,15H2,1-2H3,(H,27,29)(H,28,30)/b26-14-. The van der Waals surface area contributed by atoms with Gasteiger partial charge in [-0.3, -0.25) is 9.59 Å². The van der Waals surface area contributed by atoms with Gasteiger partial charge in [0.25, 0.3) is 0 Å². The van der Waals surface area contributed by atoms with Gasteiger partial charge in [-0.05, 0) is 42.0 Å². The fourth-order valence-corrected chi connectivity index (χ4v) is 2.79. The van der Waals surface area contributed by atoms with Crippen molar-refractivity contribution in [2.45, 2.75) is 6.61 Å². The van der Waals surface area contributed by atoms with Gasteiger partial charge >= 0.3 is 11.8 Å². The number of para-hydroxylation sites is 1. The smallest absolute Gasteiger partial charge is 0.329 e. The summed E-state index contributed by atoms with van der Waals surface area (Å²) in [5, 5.41) is 6.31. The van der Waals surface area contributed by atoms with E-state index in [1.807, 2.05) is 0 Å². The average molecular weight is 451 g/mol. The first-order valence-corrected chi connectivity index (χ1v) is 9.83. The summed E-state index contributed by atoms with van der Waals surface area (Å²) >= 11 is 0. The van der Waals surface area contributed by atoms with Crippen molar-refractivity contribution in [1.29, 1.82) is 0 Å². The third kappa shape index (κ3) is 6.54. The van der Waals surface area contributed by atoms with Gasteiger partial charge in [0.15, 0.2) is 11.5 Å². The van der Waals surface area contributed by atoms with Crippen LogP contribution in [0.2, 0.25) is 0 Å². The largest absolute Gasteiger partial charge is 0.497 e. The van der Waals surface area contributed by atoms with Crippen molar-refractivity contribution in [2.24, 2.45) is 5.10 Å². The summed E-state index contributed by atoms with van der Waals surface area (Å²) in [6, 6.07) is 17.6. The highest BCUT2D eigenvalue weighted by Gasteiger charge is 2.14. The number of benzene rings is 3. The minimum absolute atomic E-state index is 0.163. The van der Waals surface area contributed by atoms with Crippen LogP contribution in [0.25, 0.3) is 0 Å². The fraction of sp³-hybridized carbons (Fsp3) is 0.125. The van der Waals surface area contributed by atoms with Crippen LogP contribution in [0.5, 0.6) is 17.2 Å². The van der Waals surface area contributed by atoms with E-state index in [1.165, 1.54) is 32.6 Å². The molecule has 0 saturated carbocycles. The van der Waals surface area contributed by atoms with Crippen LogP contribution in [0, 0.1) is 5.82 Å². The number of ether oxygens (including phenoxy) is 3. The molecule has 9 heteroatoms. The van der Waals surface area contributed by atoms with Crippen molar-refractivity contribution >= 4 is 23.7 Å². The predicted octanol–water partition coefficient (Wildman–Crippen LogP) is 3.51. The van der Waals surface area contributed by atoms with Gasteiger partial charge in [0.1, 0.15) is 18.2 Å². The Kier molecular flexibility index (Phi) is 7.96. The molecular formula is C24H22FN3O5. The first kappa shape index (κ1) is 23.3. The zero-order chi connectivity index (χ0) is 23.6. The van der Waals surface area contributed by atoms with Gasteiger partial charge in [-0.2, -0.15) is 5.10 Å².